The Labute approximate surface area is 487 Å². The van der Waals surface area contributed by atoms with Gasteiger partial charge in [-0.15, -0.1) is 0 Å². The molecule has 78 heavy (non-hydrogen) atoms. The average molecular weight is 1100 g/mol. The Bertz CT molecular complexity index is 1260. The highest BCUT2D eigenvalue weighted by atomic mass is 16.6. The summed E-state index contributed by atoms with van der Waals surface area (Å²) in [5.41, 5.74) is 0. The van der Waals surface area contributed by atoms with Crippen LogP contribution in [-0.2, 0) is 28.6 Å². The highest BCUT2D eigenvalue weighted by molar-refractivity contribution is 5.71. The second-order valence-corrected chi connectivity index (χ2v) is 24.2. The Kier molecular flexibility index (Phi) is 65.6. The minimum Gasteiger partial charge on any atom is -0.462 e. The first-order valence-electron chi connectivity index (χ1n) is 35.3. The summed E-state index contributed by atoms with van der Waals surface area (Å²) in [5.74, 6) is -0.831. The van der Waals surface area contributed by atoms with E-state index in [4.69, 9.17) is 14.2 Å². The lowest BCUT2D eigenvalue weighted by atomic mass is 10.0. The van der Waals surface area contributed by atoms with E-state index in [0.29, 0.717) is 19.3 Å². The molecule has 0 amide bonds. The van der Waals surface area contributed by atoms with Gasteiger partial charge in [0.2, 0.25) is 0 Å². The van der Waals surface area contributed by atoms with Crippen molar-refractivity contribution in [1.82, 2.24) is 0 Å². The standard InChI is InChI=1S/C72H136O6/c1-4-7-10-13-16-19-22-25-27-29-31-33-34-35-36-37-38-40-41-43-45-47-50-53-56-59-62-65-71(74)77-68-69(67-76-70(73)64-61-58-55-52-49-24-21-18-15-12-9-6-3)78-72(75)66-63-60-57-54-51-48-46-44-42-39-32-30-28-26-23-20-17-14-11-8-5-2/h22,25,29,31,69H,4-21,23-24,26-28,30,32-68H2,1-3H3/b25-22-,31-29-. The summed E-state index contributed by atoms with van der Waals surface area (Å²) in [6.07, 6.45) is 82.1. The van der Waals surface area contributed by atoms with Crippen molar-refractivity contribution in [2.45, 2.75) is 406 Å². The van der Waals surface area contributed by atoms with Gasteiger partial charge in [-0.2, -0.15) is 0 Å². The van der Waals surface area contributed by atoms with Crippen molar-refractivity contribution >= 4 is 17.9 Å². The third-order valence-corrected chi connectivity index (χ3v) is 16.2. The minimum atomic E-state index is -0.766. The quantitative estimate of drug-likeness (QED) is 0.0261. The van der Waals surface area contributed by atoms with Gasteiger partial charge < -0.3 is 14.2 Å². The van der Waals surface area contributed by atoms with Crippen LogP contribution in [0.3, 0.4) is 0 Å². The van der Waals surface area contributed by atoms with Crippen molar-refractivity contribution in [1.29, 1.82) is 0 Å². The summed E-state index contributed by atoms with van der Waals surface area (Å²) < 4.78 is 17.0. The Morgan fingerprint density at radius 2 is 0.462 bits per heavy atom. The number of ether oxygens (including phenoxy) is 3. The molecule has 0 radical (unpaired) electrons. The number of hydrogen-bond acceptors (Lipinski definition) is 6. The summed E-state index contributed by atoms with van der Waals surface area (Å²) in [6.45, 7) is 6.71. The lowest BCUT2D eigenvalue weighted by molar-refractivity contribution is -0.167. The van der Waals surface area contributed by atoms with Crippen LogP contribution in [-0.4, -0.2) is 37.2 Å². The van der Waals surface area contributed by atoms with E-state index in [9.17, 15) is 14.4 Å². The lowest BCUT2D eigenvalue weighted by Crippen LogP contribution is -2.30. The van der Waals surface area contributed by atoms with Gasteiger partial charge in [0.25, 0.3) is 0 Å². The molecule has 0 saturated heterocycles. The molecular formula is C72H136O6. The number of allylic oxidation sites excluding steroid dienone is 4. The second-order valence-electron chi connectivity index (χ2n) is 24.2. The zero-order valence-electron chi connectivity index (χ0n) is 53.0. The zero-order valence-corrected chi connectivity index (χ0v) is 53.0. The van der Waals surface area contributed by atoms with E-state index in [0.717, 1.165) is 64.2 Å². The van der Waals surface area contributed by atoms with Crippen molar-refractivity contribution in [2.75, 3.05) is 13.2 Å². The maximum atomic E-state index is 12.9. The van der Waals surface area contributed by atoms with Crippen LogP contribution >= 0.6 is 0 Å². The molecule has 6 nitrogen and oxygen atoms in total. The van der Waals surface area contributed by atoms with Gasteiger partial charge in [0.15, 0.2) is 6.10 Å². The van der Waals surface area contributed by atoms with Crippen LogP contribution in [0, 0.1) is 0 Å². The molecule has 1 unspecified atom stereocenters. The normalized spacial score (nSPS) is 12.1. The van der Waals surface area contributed by atoms with E-state index >= 15 is 0 Å². The number of esters is 3. The molecule has 0 N–H and O–H groups in total. The lowest BCUT2D eigenvalue weighted by Gasteiger charge is -2.18. The van der Waals surface area contributed by atoms with Crippen LogP contribution in [0.2, 0.25) is 0 Å². The summed E-state index contributed by atoms with van der Waals surface area (Å²) in [6, 6.07) is 0. The fourth-order valence-electron chi connectivity index (χ4n) is 10.9. The number of carbonyl (C=O) groups excluding carboxylic acids is 3. The summed E-state index contributed by atoms with van der Waals surface area (Å²) in [5, 5.41) is 0. The Hall–Kier alpha value is -2.11. The molecule has 0 fully saturated rings. The van der Waals surface area contributed by atoms with Crippen molar-refractivity contribution in [2.24, 2.45) is 0 Å². The molecular weight excluding hydrogens is 961 g/mol. The summed E-state index contributed by atoms with van der Waals surface area (Å²) >= 11 is 0. The van der Waals surface area contributed by atoms with Gasteiger partial charge in [-0.05, 0) is 51.4 Å². The Morgan fingerprint density at radius 1 is 0.256 bits per heavy atom. The van der Waals surface area contributed by atoms with Gasteiger partial charge in [0.1, 0.15) is 13.2 Å². The molecule has 460 valence electrons. The molecule has 0 rings (SSSR count). The molecule has 0 aromatic heterocycles. The summed E-state index contributed by atoms with van der Waals surface area (Å²) in [4.78, 5) is 38.4. The van der Waals surface area contributed by atoms with Crippen LogP contribution in [0.1, 0.15) is 400 Å². The van der Waals surface area contributed by atoms with Crippen molar-refractivity contribution in [3.63, 3.8) is 0 Å². The molecule has 0 aliphatic carbocycles. The van der Waals surface area contributed by atoms with Gasteiger partial charge in [-0.3, -0.25) is 14.4 Å². The number of carbonyl (C=O) groups is 3. The predicted octanol–water partition coefficient (Wildman–Crippen LogP) is 24.2. The first-order chi connectivity index (χ1) is 38.5. The smallest absolute Gasteiger partial charge is 0.306 e. The van der Waals surface area contributed by atoms with Gasteiger partial charge in [-0.25, -0.2) is 0 Å². The molecule has 0 bridgehead atoms. The fourth-order valence-corrected chi connectivity index (χ4v) is 10.9. The molecule has 1 atom stereocenters. The topological polar surface area (TPSA) is 78.9 Å². The van der Waals surface area contributed by atoms with Gasteiger partial charge in [0.05, 0.1) is 0 Å². The molecule has 6 heteroatoms. The number of unbranched alkanes of at least 4 members (excludes halogenated alkanes) is 51. The van der Waals surface area contributed by atoms with Crippen LogP contribution in [0.15, 0.2) is 24.3 Å². The molecule has 0 aromatic carbocycles. The zero-order chi connectivity index (χ0) is 56.4. The van der Waals surface area contributed by atoms with Crippen molar-refractivity contribution < 1.29 is 28.6 Å². The number of hydrogen-bond donors (Lipinski definition) is 0. The van der Waals surface area contributed by atoms with Gasteiger partial charge >= 0.3 is 17.9 Å². The fraction of sp³-hybridized carbons (Fsp3) is 0.903. The third kappa shape index (κ3) is 64.7. The second kappa shape index (κ2) is 67.4. The van der Waals surface area contributed by atoms with Crippen LogP contribution < -0.4 is 0 Å². The molecule has 0 aromatic rings. The van der Waals surface area contributed by atoms with E-state index < -0.39 is 6.10 Å². The molecule has 0 saturated carbocycles. The molecule has 0 aliphatic rings. The van der Waals surface area contributed by atoms with Crippen LogP contribution in [0.5, 0.6) is 0 Å². The highest BCUT2D eigenvalue weighted by Gasteiger charge is 2.19. The van der Waals surface area contributed by atoms with E-state index in [1.807, 2.05) is 0 Å². The monoisotopic (exact) mass is 1100 g/mol. The Morgan fingerprint density at radius 3 is 0.705 bits per heavy atom. The third-order valence-electron chi connectivity index (χ3n) is 16.2. The maximum absolute atomic E-state index is 12.9. The van der Waals surface area contributed by atoms with Gasteiger partial charge in [-0.1, -0.05) is 353 Å². The van der Waals surface area contributed by atoms with Crippen LogP contribution in [0.25, 0.3) is 0 Å². The Balaban J connectivity index is 4.18. The highest BCUT2D eigenvalue weighted by Crippen LogP contribution is 2.19. The largest absolute Gasteiger partial charge is 0.462 e. The summed E-state index contributed by atoms with van der Waals surface area (Å²) in [7, 11) is 0. The van der Waals surface area contributed by atoms with E-state index in [1.54, 1.807) is 0 Å². The molecule has 0 spiro atoms. The van der Waals surface area contributed by atoms with E-state index in [1.165, 1.54) is 295 Å². The predicted molar refractivity (Wildman–Crippen MR) is 340 cm³/mol. The van der Waals surface area contributed by atoms with Crippen LogP contribution in [0.4, 0.5) is 0 Å². The number of rotatable bonds is 66. The SMILES string of the molecule is CCCCCCC/C=C\C/C=C\CCCCCCCCCCCCCCCCCC(=O)OCC(COC(=O)CCCCCCCCCCCCCC)OC(=O)CCCCCCCCCCCCCCCCCCCCCCC. The first kappa shape index (κ1) is 75.9. The molecule has 0 aliphatic heterocycles. The van der Waals surface area contributed by atoms with Crippen molar-refractivity contribution in [3.05, 3.63) is 24.3 Å². The van der Waals surface area contributed by atoms with E-state index in [2.05, 4.69) is 45.1 Å². The van der Waals surface area contributed by atoms with E-state index in [-0.39, 0.29) is 31.1 Å². The van der Waals surface area contributed by atoms with Gasteiger partial charge in [0, 0.05) is 19.3 Å². The maximum Gasteiger partial charge on any atom is 0.306 e. The molecule has 0 heterocycles. The first-order valence-corrected chi connectivity index (χ1v) is 35.3. The van der Waals surface area contributed by atoms with Crippen molar-refractivity contribution in [3.8, 4) is 0 Å². The minimum absolute atomic E-state index is 0.0638. The average Bonchev–Trinajstić information content (AvgIpc) is 3.44.